The molecule has 1 aromatic carbocycles. The molecule has 0 aliphatic rings. The molecule has 12 heavy (non-hydrogen) atoms. The Morgan fingerprint density at radius 2 is 2.00 bits per heavy atom. The van der Waals surface area contributed by atoms with Crippen LogP contribution in [0.4, 0.5) is 0 Å². The topological polar surface area (TPSA) is 37.3 Å². The maximum absolute atomic E-state index is 10.7. The van der Waals surface area contributed by atoms with Crippen molar-refractivity contribution in [1.29, 1.82) is 0 Å². The summed E-state index contributed by atoms with van der Waals surface area (Å²) < 4.78 is 19.5. The fraction of sp³-hybridized carbons (Fsp3) is 0.250. The summed E-state index contributed by atoms with van der Waals surface area (Å²) in [4.78, 5) is 0.523. The van der Waals surface area contributed by atoms with Gasteiger partial charge in [-0.15, -0.1) is 0 Å². The Kier molecular flexibility index (Phi) is 6.94. The molecule has 1 rings (SSSR count). The molecule has 0 saturated carbocycles. The van der Waals surface area contributed by atoms with E-state index in [0.29, 0.717) is 4.90 Å². The van der Waals surface area contributed by atoms with E-state index in [9.17, 15) is 4.21 Å². The summed E-state index contributed by atoms with van der Waals surface area (Å²) >= 11 is -1.84. The van der Waals surface area contributed by atoms with E-state index in [-0.39, 0.29) is 51.4 Å². The average Bonchev–Trinajstić information content (AvgIpc) is 2.04. The van der Waals surface area contributed by atoms with E-state index in [2.05, 4.69) is 0 Å². The van der Waals surface area contributed by atoms with Crippen molar-refractivity contribution < 1.29 is 8.76 Å². The molecule has 62 valence electrons. The summed E-state index contributed by atoms with van der Waals surface area (Å²) in [5.74, 6) is 0. The Bertz CT molecular complexity index is 276. The van der Waals surface area contributed by atoms with Crippen molar-refractivity contribution in [2.24, 2.45) is 0 Å². The minimum atomic E-state index is -1.84. The molecule has 0 aliphatic heterocycles. The molecule has 1 unspecified atom stereocenters. The molecule has 0 aromatic heterocycles. The van der Waals surface area contributed by atoms with Crippen molar-refractivity contribution in [3.8, 4) is 0 Å². The number of rotatable bonds is 2. The summed E-state index contributed by atoms with van der Waals surface area (Å²) in [6.07, 6.45) is 0.794. The van der Waals surface area contributed by atoms with Crippen molar-refractivity contribution in [2.75, 3.05) is 0 Å². The van der Waals surface area contributed by atoms with Gasteiger partial charge in [0.2, 0.25) is 0 Å². The molecule has 0 bridgehead atoms. The molecule has 1 aromatic rings. The summed E-state index contributed by atoms with van der Waals surface area (Å²) in [6, 6.07) is 7.18. The molecule has 0 spiro atoms. The standard InChI is InChI=1S/C8H10O2S.K.H/c1-2-7-5-3-4-6-8(7)11(9)10;;/h3-6H,2H2,1H3,(H,9,10);;. The van der Waals surface area contributed by atoms with Crippen molar-refractivity contribution in [3.63, 3.8) is 0 Å². The molecule has 0 fully saturated rings. The number of aryl methyl sites for hydroxylation is 1. The van der Waals surface area contributed by atoms with Crippen LogP contribution in [-0.4, -0.2) is 60.1 Å². The first-order valence-corrected chi connectivity index (χ1v) is 4.55. The van der Waals surface area contributed by atoms with E-state index >= 15 is 0 Å². The van der Waals surface area contributed by atoms with Crippen molar-refractivity contribution in [1.82, 2.24) is 0 Å². The third-order valence-electron chi connectivity index (χ3n) is 1.54. The summed E-state index contributed by atoms with van der Waals surface area (Å²) in [5.41, 5.74) is 0.938. The monoisotopic (exact) mass is 210 g/mol. The fourth-order valence-electron chi connectivity index (χ4n) is 0.966. The van der Waals surface area contributed by atoms with E-state index < -0.39 is 11.1 Å². The molecule has 2 nitrogen and oxygen atoms in total. The molecule has 0 amide bonds. The van der Waals surface area contributed by atoms with Crippen LogP contribution in [0.25, 0.3) is 0 Å². The zero-order valence-electron chi connectivity index (χ0n) is 6.28. The Labute approximate surface area is 117 Å². The van der Waals surface area contributed by atoms with Crippen LogP contribution >= 0.6 is 0 Å². The van der Waals surface area contributed by atoms with Crippen LogP contribution in [0.15, 0.2) is 29.2 Å². The second kappa shape index (κ2) is 6.42. The van der Waals surface area contributed by atoms with Crippen LogP contribution in [-0.2, 0) is 17.5 Å². The van der Waals surface area contributed by atoms with Crippen LogP contribution in [0.5, 0.6) is 0 Å². The van der Waals surface area contributed by atoms with Gasteiger partial charge in [0.1, 0.15) is 0 Å². The van der Waals surface area contributed by atoms with E-state index in [1.165, 1.54) is 0 Å². The van der Waals surface area contributed by atoms with Gasteiger partial charge < -0.3 is 4.55 Å². The van der Waals surface area contributed by atoms with Gasteiger partial charge in [-0.1, -0.05) is 25.1 Å². The molecule has 4 heteroatoms. The minimum absolute atomic E-state index is 0. The zero-order valence-corrected chi connectivity index (χ0v) is 7.10. The summed E-state index contributed by atoms with van der Waals surface area (Å²) in [6.45, 7) is 1.96. The molecule has 0 saturated heterocycles. The first kappa shape index (κ1) is 13.0. The normalized spacial score (nSPS) is 11.8. The summed E-state index contributed by atoms with van der Waals surface area (Å²) in [7, 11) is 0. The molecular formula is C8H11KO2S. The van der Waals surface area contributed by atoms with Gasteiger partial charge in [0.15, 0.2) is 11.1 Å². The van der Waals surface area contributed by atoms with E-state index in [1.807, 2.05) is 19.1 Å². The van der Waals surface area contributed by atoms with Crippen LogP contribution in [0.2, 0.25) is 0 Å². The molecule has 1 N–H and O–H groups in total. The number of hydrogen-bond acceptors (Lipinski definition) is 1. The van der Waals surface area contributed by atoms with Crippen molar-refractivity contribution >= 4 is 62.5 Å². The van der Waals surface area contributed by atoms with Gasteiger partial charge in [0.25, 0.3) is 0 Å². The number of hydrogen-bond donors (Lipinski definition) is 1. The van der Waals surface area contributed by atoms with E-state index in [1.54, 1.807) is 12.1 Å². The molecule has 0 heterocycles. The first-order valence-electron chi connectivity index (χ1n) is 3.44. The number of benzene rings is 1. The second-order valence-corrected chi connectivity index (χ2v) is 3.15. The quantitative estimate of drug-likeness (QED) is 0.588. The Balaban J connectivity index is 0.00000121. The predicted molar refractivity (Wildman–Crippen MR) is 52.0 cm³/mol. The van der Waals surface area contributed by atoms with Crippen LogP contribution in [0, 0.1) is 0 Å². The van der Waals surface area contributed by atoms with Gasteiger partial charge in [0, 0.05) is 0 Å². The maximum atomic E-state index is 10.7. The first-order chi connectivity index (χ1) is 5.25. The van der Waals surface area contributed by atoms with Gasteiger partial charge in [-0.05, 0) is 18.1 Å². The fourth-order valence-corrected chi connectivity index (χ4v) is 1.60. The summed E-state index contributed by atoms with van der Waals surface area (Å²) in [5, 5.41) is 0. The molecule has 0 radical (unpaired) electrons. The van der Waals surface area contributed by atoms with Crippen LogP contribution in [0.1, 0.15) is 12.5 Å². The average molecular weight is 210 g/mol. The van der Waals surface area contributed by atoms with Crippen molar-refractivity contribution in [2.45, 2.75) is 18.2 Å². The van der Waals surface area contributed by atoms with Gasteiger partial charge in [-0.25, -0.2) is 4.21 Å². The Hall–Kier alpha value is 0.966. The van der Waals surface area contributed by atoms with E-state index in [0.717, 1.165) is 12.0 Å². The zero-order chi connectivity index (χ0) is 8.27. The van der Waals surface area contributed by atoms with Crippen molar-refractivity contribution in [3.05, 3.63) is 29.8 Å². The van der Waals surface area contributed by atoms with E-state index in [4.69, 9.17) is 4.55 Å². The van der Waals surface area contributed by atoms with Gasteiger partial charge in [-0.3, -0.25) is 0 Å². The molecule has 0 aliphatic carbocycles. The third kappa shape index (κ3) is 3.37. The SMILES string of the molecule is CCc1ccccc1S(=O)O.[KH]. The van der Waals surface area contributed by atoms with Gasteiger partial charge in [-0.2, -0.15) is 0 Å². The molecular weight excluding hydrogens is 199 g/mol. The Morgan fingerprint density at radius 1 is 1.42 bits per heavy atom. The van der Waals surface area contributed by atoms with Gasteiger partial charge in [0.05, 0.1) is 4.90 Å². The van der Waals surface area contributed by atoms with Crippen LogP contribution < -0.4 is 0 Å². The van der Waals surface area contributed by atoms with Crippen LogP contribution in [0.3, 0.4) is 0 Å². The Morgan fingerprint density at radius 3 is 2.42 bits per heavy atom. The second-order valence-electron chi connectivity index (χ2n) is 2.21. The predicted octanol–water partition coefficient (Wildman–Crippen LogP) is 1.18. The van der Waals surface area contributed by atoms with Gasteiger partial charge >= 0.3 is 51.4 Å². The molecule has 1 atom stereocenters. The third-order valence-corrected chi connectivity index (χ3v) is 2.32.